The largest absolute Gasteiger partial charge is 0.482 e. The van der Waals surface area contributed by atoms with Crippen molar-refractivity contribution in [1.29, 1.82) is 0 Å². The smallest absolute Gasteiger partial charge is 0.349 e. The molecule has 166 valence electrons. The highest BCUT2D eigenvalue weighted by atomic mass is 35.5. The molecule has 2 aromatic heterocycles. The molecular weight excluding hydrogens is 478 g/mol. The number of hydrogen-bond donors (Lipinski definition) is 1. The van der Waals surface area contributed by atoms with Crippen molar-refractivity contribution in [2.75, 3.05) is 11.9 Å². The fourth-order valence-corrected chi connectivity index (χ4v) is 4.19. The standard InChI is InChI=1S/C20H16ClN3O6S2/c21-12-3-5-13(6-4-12)29-9-17(26)30-16-8-28-14(7-15(16)25)10-31-20-24-23-19(32-20)22-18(27)11-1-2-11/h3-8,11H,1-2,9-10H2,(H,22,23,27). The SMILES string of the molecule is O=C(COc1ccc(Cl)cc1)Oc1coc(CSc2nnc(NC(=O)C3CC3)s2)cc1=O. The maximum absolute atomic E-state index is 12.2. The molecule has 1 amide bonds. The number of rotatable bonds is 9. The molecule has 0 bridgehead atoms. The molecule has 1 aliphatic rings. The molecule has 1 fully saturated rings. The van der Waals surface area contributed by atoms with Crippen molar-refractivity contribution in [1.82, 2.24) is 10.2 Å². The summed E-state index contributed by atoms with van der Waals surface area (Å²) in [6, 6.07) is 7.71. The second-order valence-electron chi connectivity index (χ2n) is 6.72. The van der Waals surface area contributed by atoms with E-state index >= 15 is 0 Å². The molecule has 1 N–H and O–H groups in total. The Morgan fingerprint density at radius 2 is 2.03 bits per heavy atom. The second-order valence-corrected chi connectivity index (χ2v) is 9.35. The van der Waals surface area contributed by atoms with Gasteiger partial charge in [0.05, 0.1) is 5.75 Å². The first-order valence-corrected chi connectivity index (χ1v) is 11.6. The molecule has 3 aromatic rings. The van der Waals surface area contributed by atoms with Crippen LogP contribution in [0.1, 0.15) is 18.6 Å². The summed E-state index contributed by atoms with van der Waals surface area (Å²) < 4.78 is 16.3. The summed E-state index contributed by atoms with van der Waals surface area (Å²) in [7, 11) is 0. The molecule has 1 aromatic carbocycles. The van der Waals surface area contributed by atoms with Crippen LogP contribution in [0, 0.1) is 5.92 Å². The Balaban J connectivity index is 1.26. The number of benzene rings is 1. The van der Waals surface area contributed by atoms with Gasteiger partial charge in [0.25, 0.3) is 0 Å². The van der Waals surface area contributed by atoms with Crippen molar-refractivity contribution in [3.8, 4) is 11.5 Å². The topological polar surface area (TPSA) is 121 Å². The van der Waals surface area contributed by atoms with E-state index in [1.807, 2.05) is 0 Å². The first kappa shape index (κ1) is 22.3. The Morgan fingerprint density at radius 3 is 2.75 bits per heavy atom. The predicted octanol–water partition coefficient (Wildman–Crippen LogP) is 3.77. The zero-order valence-corrected chi connectivity index (χ0v) is 18.8. The molecule has 0 unspecified atom stereocenters. The molecule has 2 heterocycles. The molecule has 0 radical (unpaired) electrons. The van der Waals surface area contributed by atoms with E-state index in [0.29, 0.717) is 31.8 Å². The number of aromatic nitrogens is 2. The summed E-state index contributed by atoms with van der Waals surface area (Å²) in [4.78, 5) is 35.9. The Morgan fingerprint density at radius 1 is 1.25 bits per heavy atom. The monoisotopic (exact) mass is 493 g/mol. The van der Waals surface area contributed by atoms with Crippen LogP contribution >= 0.6 is 34.7 Å². The third kappa shape index (κ3) is 6.31. The summed E-state index contributed by atoms with van der Waals surface area (Å²) in [6.07, 6.45) is 2.90. The highest BCUT2D eigenvalue weighted by Crippen LogP contribution is 2.32. The van der Waals surface area contributed by atoms with Gasteiger partial charge in [0.1, 0.15) is 17.8 Å². The van der Waals surface area contributed by atoms with Crippen LogP contribution in [0.4, 0.5) is 5.13 Å². The molecule has 1 aliphatic carbocycles. The maximum atomic E-state index is 12.2. The van der Waals surface area contributed by atoms with E-state index in [0.717, 1.165) is 19.1 Å². The van der Waals surface area contributed by atoms with Gasteiger partial charge in [-0.3, -0.25) is 9.59 Å². The van der Waals surface area contributed by atoms with E-state index in [2.05, 4.69) is 15.5 Å². The molecule has 0 atom stereocenters. The third-order valence-electron chi connectivity index (χ3n) is 4.17. The van der Waals surface area contributed by atoms with Crippen LogP contribution in [0.25, 0.3) is 0 Å². The minimum atomic E-state index is -0.746. The van der Waals surface area contributed by atoms with E-state index in [1.54, 1.807) is 24.3 Å². The van der Waals surface area contributed by atoms with Gasteiger partial charge in [-0.25, -0.2) is 4.79 Å². The van der Waals surface area contributed by atoms with E-state index in [1.165, 1.54) is 29.2 Å². The van der Waals surface area contributed by atoms with Gasteiger partial charge in [-0.15, -0.1) is 10.2 Å². The van der Waals surface area contributed by atoms with Gasteiger partial charge in [0.15, 0.2) is 10.9 Å². The Bertz CT molecular complexity index is 1180. The molecule has 12 heteroatoms. The molecule has 0 saturated heterocycles. The molecule has 32 heavy (non-hydrogen) atoms. The number of carbonyl (C=O) groups is 2. The normalized spacial score (nSPS) is 12.9. The number of nitrogens with zero attached hydrogens (tertiary/aromatic N) is 2. The van der Waals surface area contributed by atoms with Crippen molar-refractivity contribution >= 4 is 51.7 Å². The summed E-state index contributed by atoms with van der Waals surface area (Å²) in [6.45, 7) is -0.380. The highest BCUT2D eigenvalue weighted by Gasteiger charge is 2.30. The summed E-state index contributed by atoms with van der Waals surface area (Å²) >= 11 is 8.33. The van der Waals surface area contributed by atoms with Crippen LogP contribution in [0.3, 0.4) is 0 Å². The maximum Gasteiger partial charge on any atom is 0.349 e. The minimum Gasteiger partial charge on any atom is -0.482 e. The number of amides is 1. The zero-order valence-electron chi connectivity index (χ0n) is 16.4. The van der Waals surface area contributed by atoms with Gasteiger partial charge in [0.2, 0.25) is 22.2 Å². The van der Waals surface area contributed by atoms with Gasteiger partial charge in [-0.1, -0.05) is 34.7 Å². The van der Waals surface area contributed by atoms with E-state index in [9.17, 15) is 14.4 Å². The lowest BCUT2D eigenvalue weighted by Crippen LogP contribution is -2.20. The average Bonchev–Trinajstić information content (AvgIpc) is 3.54. The Labute approximate surface area is 195 Å². The molecule has 0 spiro atoms. The van der Waals surface area contributed by atoms with Gasteiger partial charge >= 0.3 is 5.97 Å². The number of esters is 1. The molecule has 0 aliphatic heterocycles. The van der Waals surface area contributed by atoms with E-state index in [-0.39, 0.29) is 24.2 Å². The quantitative estimate of drug-likeness (QED) is 0.269. The van der Waals surface area contributed by atoms with Crippen LogP contribution in [0.5, 0.6) is 11.5 Å². The summed E-state index contributed by atoms with van der Waals surface area (Å²) in [5.74, 6) is 0.198. The predicted molar refractivity (Wildman–Crippen MR) is 118 cm³/mol. The van der Waals surface area contributed by atoms with Crippen LogP contribution in [0.15, 0.2) is 50.1 Å². The first-order valence-electron chi connectivity index (χ1n) is 9.44. The molecule has 4 rings (SSSR count). The fourth-order valence-electron chi connectivity index (χ4n) is 2.42. The zero-order chi connectivity index (χ0) is 22.5. The van der Waals surface area contributed by atoms with Crippen molar-refractivity contribution in [2.45, 2.75) is 22.9 Å². The lowest BCUT2D eigenvalue weighted by Gasteiger charge is -2.06. The lowest BCUT2D eigenvalue weighted by molar-refractivity contribution is -0.136. The fraction of sp³-hybridized carbons (Fsp3) is 0.250. The number of hydrogen-bond acceptors (Lipinski definition) is 10. The second kappa shape index (κ2) is 10.2. The number of ether oxygens (including phenoxy) is 2. The Kier molecular flexibility index (Phi) is 7.08. The van der Waals surface area contributed by atoms with Crippen molar-refractivity contribution in [3.63, 3.8) is 0 Å². The van der Waals surface area contributed by atoms with E-state index in [4.69, 9.17) is 25.5 Å². The van der Waals surface area contributed by atoms with Crippen LogP contribution in [-0.2, 0) is 15.3 Å². The van der Waals surface area contributed by atoms with Gasteiger partial charge in [-0.2, -0.15) is 0 Å². The van der Waals surface area contributed by atoms with Gasteiger partial charge < -0.3 is 19.2 Å². The van der Waals surface area contributed by atoms with Gasteiger partial charge in [-0.05, 0) is 37.1 Å². The third-order valence-corrected chi connectivity index (χ3v) is 6.42. The number of carbonyl (C=O) groups excluding carboxylic acids is 2. The first-order chi connectivity index (χ1) is 15.5. The number of anilines is 1. The van der Waals surface area contributed by atoms with Crippen molar-refractivity contribution < 1.29 is 23.5 Å². The van der Waals surface area contributed by atoms with Crippen molar-refractivity contribution in [2.24, 2.45) is 5.92 Å². The summed E-state index contributed by atoms with van der Waals surface area (Å²) in [5, 5.41) is 11.7. The van der Waals surface area contributed by atoms with E-state index < -0.39 is 11.4 Å². The lowest BCUT2D eigenvalue weighted by atomic mass is 10.3. The summed E-state index contributed by atoms with van der Waals surface area (Å²) in [5.41, 5.74) is -0.499. The molecule has 1 saturated carbocycles. The minimum absolute atomic E-state index is 0.0348. The van der Waals surface area contributed by atoms with Crippen LogP contribution < -0.4 is 20.2 Å². The number of halogens is 1. The number of nitrogens with one attached hydrogen (secondary N) is 1. The number of thioether (sulfide) groups is 1. The average molecular weight is 494 g/mol. The van der Waals surface area contributed by atoms with Gasteiger partial charge in [0, 0.05) is 17.0 Å². The Hall–Kier alpha value is -2.89. The van der Waals surface area contributed by atoms with Crippen molar-refractivity contribution in [3.05, 3.63) is 57.6 Å². The highest BCUT2D eigenvalue weighted by molar-refractivity contribution is 8.00. The van der Waals surface area contributed by atoms with Crippen LogP contribution in [0.2, 0.25) is 5.02 Å². The molecule has 9 nitrogen and oxygen atoms in total. The van der Waals surface area contributed by atoms with Crippen LogP contribution in [-0.4, -0.2) is 28.7 Å². The molecular formula is C20H16ClN3O6S2.